The monoisotopic (exact) mass is 338 g/mol. The molecule has 25 heavy (non-hydrogen) atoms. The number of anilines is 1. The van der Waals surface area contributed by atoms with Gasteiger partial charge in [0.15, 0.2) is 0 Å². The van der Waals surface area contributed by atoms with Crippen LogP contribution in [0.1, 0.15) is 43.6 Å². The first-order valence-electron chi connectivity index (χ1n) is 8.38. The van der Waals surface area contributed by atoms with Gasteiger partial charge in [-0.2, -0.15) is 0 Å². The number of carbonyl (C=O) groups excluding carboxylic acids is 1. The van der Waals surface area contributed by atoms with Gasteiger partial charge in [-0.3, -0.25) is 9.78 Å². The predicted octanol–water partition coefficient (Wildman–Crippen LogP) is 2.94. The average molecular weight is 338 g/mol. The van der Waals surface area contributed by atoms with E-state index in [1.165, 1.54) is 0 Å². The van der Waals surface area contributed by atoms with Gasteiger partial charge in [0.1, 0.15) is 0 Å². The molecule has 3 rings (SSSR count). The summed E-state index contributed by atoms with van der Waals surface area (Å²) in [6.45, 7) is 9.90. The number of amides is 1. The zero-order valence-corrected chi connectivity index (χ0v) is 15.3. The maximum Gasteiger partial charge on any atom is 0.514 e. The van der Waals surface area contributed by atoms with Crippen LogP contribution >= 0.6 is 0 Å². The zero-order chi connectivity index (χ0) is 18.2. The Morgan fingerprint density at radius 3 is 2.36 bits per heavy atom. The summed E-state index contributed by atoms with van der Waals surface area (Å²) in [5.41, 5.74) is 2.02. The van der Waals surface area contributed by atoms with Crippen molar-refractivity contribution in [2.45, 2.75) is 45.8 Å². The standard InChI is InChI=1S/C19H23BN2O3/c1-13-8-6-7-9-15(13)17(23)22-14-10-11-21-16(12-14)20-24-18(2,3)19(4,5)25-20/h6-12H,1-5H3,(H,21,22,23). The predicted molar refractivity (Wildman–Crippen MR) is 99.1 cm³/mol. The molecule has 0 spiro atoms. The Morgan fingerprint density at radius 1 is 1.08 bits per heavy atom. The molecule has 1 aliphatic rings. The van der Waals surface area contributed by atoms with Crippen molar-refractivity contribution < 1.29 is 14.1 Å². The molecule has 0 atom stereocenters. The van der Waals surface area contributed by atoms with Gasteiger partial charge in [0.2, 0.25) is 0 Å². The van der Waals surface area contributed by atoms with Crippen molar-refractivity contribution >= 4 is 24.3 Å². The van der Waals surface area contributed by atoms with Crippen LogP contribution in [0.5, 0.6) is 0 Å². The highest BCUT2D eigenvalue weighted by Gasteiger charge is 2.52. The lowest BCUT2D eigenvalue weighted by atomic mass is 9.84. The second-order valence-electron chi connectivity index (χ2n) is 7.33. The number of hydrogen-bond acceptors (Lipinski definition) is 4. The Bertz CT molecular complexity index is 789. The van der Waals surface area contributed by atoms with E-state index in [0.29, 0.717) is 16.8 Å². The molecule has 6 heteroatoms. The first-order chi connectivity index (χ1) is 11.7. The number of carbonyl (C=O) groups is 1. The van der Waals surface area contributed by atoms with E-state index in [-0.39, 0.29) is 5.91 Å². The lowest BCUT2D eigenvalue weighted by Crippen LogP contribution is -2.41. The summed E-state index contributed by atoms with van der Waals surface area (Å²) in [6.07, 6.45) is 1.65. The molecule has 130 valence electrons. The maximum atomic E-state index is 12.5. The molecule has 1 fully saturated rings. The average Bonchev–Trinajstić information content (AvgIpc) is 2.76. The van der Waals surface area contributed by atoms with Gasteiger partial charge in [0.25, 0.3) is 5.91 Å². The van der Waals surface area contributed by atoms with E-state index in [9.17, 15) is 4.79 Å². The zero-order valence-electron chi connectivity index (χ0n) is 15.3. The minimum atomic E-state index is -0.555. The van der Waals surface area contributed by atoms with Gasteiger partial charge >= 0.3 is 7.12 Å². The Labute approximate surface area is 148 Å². The molecule has 0 saturated carbocycles. The molecule has 1 saturated heterocycles. The largest absolute Gasteiger partial charge is 0.514 e. The Morgan fingerprint density at radius 2 is 1.72 bits per heavy atom. The maximum absolute atomic E-state index is 12.5. The summed E-state index contributed by atoms with van der Waals surface area (Å²) in [4.78, 5) is 16.8. The van der Waals surface area contributed by atoms with E-state index >= 15 is 0 Å². The van der Waals surface area contributed by atoms with Crippen molar-refractivity contribution in [2.24, 2.45) is 0 Å². The Hall–Kier alpha value is -2.18. The van der Waals surface area contributed by atoms with E-state index in [1.54, 1.807) is 24.4 Å². The second-order valence-corrected chi connectivity index (χ2v) is 7.33. The number of hydrogen-bond donors (Lipinski definition) is 1. The van der Waals surface area contributed by atoms with Crippen LogP contribution < -0.4 is 10.9 Å². The van der Waals surface area contributed by atoms with Crippen molar-refractivity contribution in [3.63, 3.8) is 0 Å². The number of aromatic nitrogens is 1. The van der Waals surface area contributed by atoms with E-state index in [2.05, 4.69) is 10.3 Å². The number of nitrogens with one attached hydrogen (secondary N) is 1. The van der Waals surface area contributed by atoms with Crippen LogP contribution in [0.4, 0.5) is 5.69 Å². The highest BCUT2D eigenvalue weighted by atomic mass is 16.7. The lowest BCUT2D eigenvalue weighted by molar-refractivity contribution is 0.00578. The lowest BCUT2D eigenvalue weighted by Gasteiger charge is -2.32. The summed E-state index contributed by atoms with van der Waals surface area (Å²) in [7, 11) is -0.555. The summed E-state index contributed by atoms with van der Waals surface area (Å²) in [6, 6.07) is 11.0. The molecule has 1 N–H and O–H groups in total. The van der Waals surface area contributed by atoms with Crippen molar-refractivity contribution in [3.8, 4) is 0 Å². The van der Waals surface area contributed by atoms with E-state index in [4.69, 9.17) is 9.31 Å². The fourth-order valence-electron chi connectivity index (χ4n) is 2.64. The minimum Gasteiger partial charge on any atom is -0.398 e. The van der Waals surface area contributed by atoms with Gasteiger partial charge in [-0.25, -0.2) is 0 Å². The van der Waals surface area contributed by atoms with Crippen molar-refractivity contribution in [3.05, 3.63) is 53.7 Å². The Balaban J connectivity index is 1.79. The van der Waals surface area contributed by atoms with Crippen LogP contribution in [0.2, 0.25) is 0 Å². The van der Waals surface area contributed by atoms with Gasteiger partial charge in [0.05, 0.1) is 16.8 Å². The number of benzene rings is 1. The van der Waals surface area contributed by atoms with E-state index < -0.39 is 18.3 Å². The fourth-order valence-corrected chi connectivity index (χ4v) is 2.64. The molecule has 0 bridgehead atoms. The number of pyridine rings is 1. The molecule has 1 aliphatic heterocycles. The van der Waals surface area contributed by atoms with Crippen molar-refractivity contribution in [2.75, 3.05) is 5.32 Å². The Kier molecular flexibility index (Phi) is 4.43. The van der Waals surface area contributed by atoms with Crippen LogP contribution in [0.25, 0.3) is 0 Å². The fraction of sp³-hybridized carbons (Fsp3) is 0.368. The number of rotatable bonds is 3. The molecule has 1 aromatic heterocycles. The molecule has 0 radical (unpaired) electrons. The first kappa shape index (κ1) is 17.6. The molecule has 0 unspecified atom stereocenters. The third-order valence-electron chi connectivity index (χ3n) is 4.92. The number of nitrogens with zero attached hydrogens (tertiary/aromatic N) is 1. The highest BCUT2D eigenvalue weighted by Crippen LogP contribution is 2.36. The van der Waals surface area contributed by atoms with Crippen molar-refractivity contribution in [1.29, 1.82) is 0 Å². The van der Waals surface area contributed by atoms with Gasteiger partial charge in [-0.05, 0) is 58.4 Å². The summed E-state index contributed by atoms with van der Waals surface area (Å²) >= 11 is 0. The molecule has 1 aromatic carbocycles. The molecule has 2 heterocycles. The van der Waals surface area contributed by atoms with Crippen LogP contribution in [-0.2, 0) is 9.31 Å². The van der Waals surface area contributed by atoms with Gasteiger partial charge in [-0.1, -0.05) is 18.2 Å². The second kappa shape index (κ2) is 6.28. The van der Waals surface area contributed by atoms with Crippen molar-refractivity contribution in [1.82, 2.24) is 4.98 Å². The minimum absolute atomic E-state index is 0.149. The molecular formula is C19H23BN2O3. The van der Waals surface area contributed by atoms with Crippen LogP contribution in [-0.4, -0.2) is 29.2 Å². The van der Waals surface area contributed by atoms with Crippen LogP contribution in [0.15, 0.2) is 42.6 Å². The van der Waals surface area contributed by atoms with Crippen LogP contribution in [0.3, 0.4) is 0 Å². The molecule has 5 nitrogen and oxygen atoms in total. The quantitative estimate of drug-likeness (QED) is 0.874. The van der Waals surface area contributed by atoms with Gasteiger partial charge < -0.3 is 14.6 Å². The molecule has 2 aromatic rings. The van der Waals surface area contributed by atoms with Gasteiger partial charge in [0, 0.05) is 17.4 Å². The SMILES string of the molecule is Cc1ccccc1C(=O)Nc1ccnc(B2OC(C)(C)C(C)(C)O2)c1. The smallest absolute Gasteiger partial charge is 0.398 e. The van der Waals surface area contributed by atoms with E-state index in [1.807, 2.05) is 52.8 Å². The molecule has 1 amide bonds. The normalized spacial score (nSPS) is 18.2. The molecule has 0 aliphatic carbocycles. The van der Waals surface area contributed by atoms with E-state index in [0.717, 1.165) is 5.56 Å². The summed E-state index contributed by atoms with van der Waals surface area (Å²) in [5.74, 6) is -0.149. The first-order valence-corrected chi connectivity index (χ1v) is 8.38. The van der Waals surface area contributed by atoms with Crippen LogP contribution in [0, 0.1) is 6.92 Å². The summed E-state index contributed by atoms with van der Waals surface area (Å²) in [5, 5.41) is 2.91. The van der Waals surface area contributed by atoms with Gasteiger partial charge in [-0.15, -0.1) is 0 Å². The highest BCUT2D eigenvalue weighted by molar-refractivity contribution is 6.61. The summed E-state index contributed by atoms with van der Waals surface area (Å²) < 4.78 is 12.0. The molecular weight excluding hydrogens is 315 g/mol. The topological polar surface area (TPSA) is 60.5 Å². The third-order valence-corrected chi connectivity index (χ3v) is 4.92. The number of aryl methyl sites for hydroxylation is 1. The third kappa shape index (κ3) is 3.46.